The van der Waals surface area contributed by atoms with Gasteiger partial charge in [0.1, 0.15) is 0 Å². The SMILES string of the molecule is CC(C)CCNCCC(=O)Nc1ccccc1C(C)C. The van der Waals surface area contributed by atoms with Gasteiger partial charge in [-0.2, -0.15) is 0 Å². The van der Waals surface area contributed by atoms with E-state index in [1.54, 1.807) is 0 Å². The zero-order chi connectivity index (χ0) is 15.0. The van der Waals surface area contributed by atoms with Crippen LogP contribution >= 0.6 is 0 Å². The van der Waals surface area contributed by atoms with Crippen molar-refractivity contribution in [3.63, 3.8) is 0 Å². The summed E-state index contributed by atoms with van der Waals surface area (Å²) < 4.78 is 0. The maximum absolute atomic E-state index is 11.9. The number of hydrogen-bond acceptors (Lipinski definition) is 2. The largest absolute Gasteiger partial charge is 0.326 e. The molecule has 1 rings (SSSR count). The molecular formula is C17H28N2O. The molecule has 0 atom stereocenters. The van der Waals surface area contributed by atoms with Crippen LogP contribution in [0.2, 0.25) is 0 Å². The minimum absolute atomic E-state index is 0.0788. The van der Waals surface area contributed by atoms with Crippen LogP contribution in [0.4, 0.5) is 5.69 Å². The Balaban J connectivity index is 2.36. The molecular weight excluding hydrogens is 248 g/mol. The van der Waals surface area contributed by atoms with E-state index in [4.69, 9.17) is 0 Å². The Morgan fingerprint density at radius 2 is 1.80 bits per heavy atom. The number of para-hydroxylation sites is 1. The molecule has 0 aliphatic carbocycles. The highest BCUT2D eigenvalue weighted by Gasteiger charge is 2.08. The van der Waals surface area contributed by atoms with Crippen molar-refractivity contribution in [3.05, 3.63) is 29.8 Å². The zero-order valence-corrected chi connectivity index (χ0v) is 13.2. The van der Waals surface area contributed by atoms with E-state index >= 15 is 0 Å². The Morgan fingerprint density at radius 3 is 2.45 bits per heavy atom. The van der Waals surface area contributed by atoms with Crippen LogP contribution in [0.15, 0.2) is 24.3 Å². The summed E-state index contributed by atoms with van der Waals surface area (Å²) in [5, 5.41) is 6.32. The Hall–Kier alpha value is -1.35. The van der Waals surface area contributed by atoms with Crippen LogP contribution in [-0.2, 0) is 4.79 Å². The van der Waals surface area contributed by atoms with Crippen molar-refractivity contribution < 1.29 is 4.79 Å². The van der Waals surface area contributed by atoms with Crippen LogP contribution in [0.25, 0.3) is 0 Å². The predicted molar refractivity (Wildman–Crippen MR) is 86.1 cm³/mol. The number of carbonyl (C=O) groups excluding carboxylic acids is 1. The van der Waals surface area contributed by atoms with Crippen molar-refractivity contribution in [2.24, 2.45) is 5.92 Å². The van der Waals surface area contributed by atoms with Crippen LogP contribution in [0.1, 0.15) is 52.0 Å². The second-order valence-electron chi connectivity index (χ2n) is 5.97. The van der Waals surface area contributed by atoms with E-state index in [2.05, 4.69) is 44.4 Å². The second-order valence-corrected chi connectivity index (χ2v) is 5.97. The van der Waals surface area contributed by atoms with E-state index in [9.17, 15) is 4.79 Å². The zero-order valence-electron chi connectivity index (χ0n) is 13.2. The lowest BCUT2D eigenvalue weighted by atomic mass is 10.0. The molecule has 1 aromatic rings. The van der Waals surface area contributed by atoms with Gasteiger partial charge in [-0.25, -0.2) is 0 Å². The third-order valence-electron chi connectivity index (χ3n) is 3.28. The smallest absolute Gasteiger partial charge is 0.225 e. The lowest BCUT2D eigenvalue weighted by Gasteiger charge is -2.13. The number of anilines is 1. The number of hydrogen-bond donors (Lipinski definition) is 2. The monoisotopic (exact) mass is 276 g/mol. The fourth-order valence-electron chi connectivity index (χ4n) is 2.04. The lowest BCUT2D eigenvalue weighted by molar-refractivity contribution is -0.116. The van der Waals surface area contributed by atoms with E-state index in [0.29, 0.717) is 18.3 Å². The highest BCUT2D eigenvalue weighted by molar-refractivity contribution is 5.91. The first-order chi connectivity index (χ1) is 9.50. The van der Waals surface area contributed by atoms with E-state index in [0.717, 1.165) is 25.2 Å². The van der Waals surface area contributed by atoms with Crippen molar-refractivity contribution in [2.75, 3.05) is 18.4 Å². The summed E-state index contributed by atoms with van der Waals surface area (Å²) in [5.41, 5.74) is 2.13. The molecule has 20 heavy (non-hydrogen) atoms. The first kappa shape index (κ1) is 16.7. The summed E-state index contributed by atoms with van der Waals surface area (Å²) >= 11 is 0. The molecule has 3 nitrogen and oxygen atoms in total. The summed E-state index contributed by atoms with van der Waals surface area (Å²) in [6.45, 7) is 10.4. The summed E-state index contributed by atoms with van der Waals surface area (Å²) in [6, 6.07) is 8.02. The van der Waals surface area contributed by atoms with Gasteiger partial charge in [0, 0.05) is 18.7 Å². The number of nitrogens with one attached hydrogen (secondary N) is 2. The highest BCUT2D eigenvalue weighted by atomic mass is 16.1. The maximum atomic E-state index is 11.9. The van der Waals surface area contributed by atoms with Gasteiger partial charge in [0.15, 0.2) is 0 Å². The van der Waals surface area contributed by atoms with Gasteiger partial charge in [-0.3, -0.25) is 4.79 Å². The molecule has 0 heterocycles. The van der Waals surface area contributed by atoms with Crippen LogP contribution in [0.3, 0.4) is 0 Å². The molecule has 0 aliphatic heterocycles. The molecule has 112 valence electrons. The van der Waals surface area contributed by atoms with Crippen LogP contribution in [0, 0.1) is 5.92 Å². The Morgan fingerprint density at radius 1 is 1.10 bits per heavy atom. The van der Waals surface area contributed by atoms with Crippen molar-refractivity contribution in [2.45, 2.75) is 46.5 Å². The first-order valence-electron chi connectivity index (χ1n) is 7.60. The van der Waals surface area contributed by atoms with E-state index in [-0.39, 0.29) is 5.91 Å². The molecule has 0 saturated carbocycles. The third-order valence-corrected chi connectivity index (χ3v) is 3.28. The molecule has 3 heteroatoms. The Labute approximate surface area is 123 Å². The summed E-state index contributed by atoms with van der Waals surface area (Å²) in [7, 11) is 0. The fraction of sp³-hybridized carbons (Fsp3) is 0.588. The van der Waals surface area contributed by atoms with Gasteiger partial charge < -0.3 is 10.6 Å². The van der Waals surface area contributed by atoms with Gasteiger partial charge in [-0.1, -0.05) is 45.9 Å². The first-order valence-corrected chi connectivity index (χ1v) is 7.60. The molecule has 1 amide bonds. The molecule has 2 N–H and O–H groups in total. The minimum Gasteiger partial charge on any atom is -0.326 e. The molecule has 0 radical (unpaired) electrons. The van der Waals surface area contributed by atoms with Gasteiger partial charge in [-0.15, -0.1) is 0 Å². The average molecular weight is 276 g/mol. The Bertz CT molecular complexity index is 413. The van der Waals surface area contributed by atoms with Gasteiger partial charge in [0.2, 0.25) is 5.91 Å². The molecule has 0 aromatic heterocycles. The van der Waals surface area contributed by atoms with E-state index in [1.165, 1.54) is 5.56 Å². The third kappa shape index (κ3) is 6.20. The number of amides is 1. The quantitative estimate of drug-likeness (QED) is 0.710. The van der Waals surface area contributed by atoms with Crippen molar-refractivity contribution >= 4 is 11.6 Å². The van der Waals surface area contributed by atoms with Gasteiger partial charge in [0.05, 0.1) is 0 Å². The van der Waals surface area contributed by atoms with E-state index in [1.807, 2.05) is 18.2 Å². The standard InChI is InChI=1S/C17H28N2O/c1-13(2)9-11-18-12-10-17(20)19-16-8-6-5-7-15(16)14(3)4/h5-8,13-14,18H,9-12H2,1-4H3,(H,19,20). The minimum atomic E-state index is 0.0788. The maximum Gasteiger partial charge on any atom is 0.225 e. The van der Waals surface area contributed by atoms with Crippen molar-refractivity contribution in [1.82, 2.24) is 5.32 Å². The summed E-state index contributed by atoms with van der Waals surface area (Å²) in [4.78, 5) is 11.9. The molecule has 0 spiro atoms. The predicted octanol–water partition coefficient (Wildman–Crippen LogP) is 3.77. The van der Waals surface area contributed by atoms with Crippen LogP contribution < -0.4 is 10.6 Å². The van der Waals surface area contributed by atoms with Crippen molar-refractivity contribution in [1.29, 1.82) is 0 Å². The fourth-order valence-corrected chi connectivity index (χ4v) is 2.04. The van der Waals surface area contributed by atoms with Gasteiger partial charge in [-0.05, 0) is 36.4 Å². The van der Waals surface area contributed by atoms with Crippen LogP contribution in [-0.4, -0.2) is 19.0 Å². The van der Waals surface area contributed by atoms with E-state index < -0.39 is 0 Å². The van der Waals surface area contributed by atoms with Crippen LogP contribution in [0.5, 0.6) is 0 Å². The number of rotatable bonds is 8. The van der Waals surface area contributed by atoms with Gasteiger partial charge >= 0.3 is 0 Å². The second kappa shape index (κ2) is 8.75. The molecule has 0 bridgehead atoms. The topological polar surface area (TPSA) is 41.1 Å². The van der Waals surface area contributed by atoms with Gasteiger partial charge in [0.25, 0.3) is 0 Å². The molecule has 0 fully saturated rings. The summed E-state index contributed by atoms with van der Waals surface area (Å²) in [5.74, 6) is 1.19. The summed E-state index contributed by atoms with van der Waals surface area (Å²) in [6.07, 6.45) is 1.67. The lowest BCUT2D eigenvalue weighted by Crippen LogP contribution is -2.23. The molecule has 0 aliphatic rings. The highest BCUT2D eigenvalue weighted by Crippen LogP contribution is 2.23. The molecule has 1 aromatic carbocycles. The number of benzene rings is 1. The Kier molecular flexibility index (Phi) is 7.31. The van der Waals surface area contributed by atoms with Crippen molar-refractivity contribution in [3.8, 4) is 0 Å². The molecule has 0 unspecified atom stereocenters. The number of carbonyl (C=O) groups is 1. The average Bonchev–Trinajstić information content (AvgIpc) is 2.38. The normalized spacial score (nSPS) is 11.1. The molecule has 0 saturated heterocycles.